The van der Waals surface area contributed by atoms with Crippen LogP contribution in [0, 0.1) is 22.0 Å². The molecule has 0 radical (unpaired) electrons. The highest BCUT2D eigenvalue weighted by Gasteiger charge is 2.14. The molecule has 1 aliphatic heterocycles. The summed E-state index contributed by atoms with van der Waals surface area (Å²) < 4.78 is 0. The van der Waals surface area contributed by atoms with Crippen LogP contribution in [0.3, 0.4) is 0 Å². The second-order valence-corrected chi connectivity index (χ2v) is 4.07. The minimum atomic E-state index is -0.501. The number of rotatable bonds is 1. The van der Waals surface area contributed by atoms with Gasteiger partial charge >= 0.3 is 0 Å². The summed E-state index contributed by atoms with van der Waals surface area (Å²) in [5.41, 5.74) is 0.180. The molecule has 1 heterocycles. The Bertz CT molecular complexity index is 559. The van der Waals surface area contributed by atoms with Gasteiger partial charge in [-0.05, 0) is 12.0 Å². The molecule has 0 saturated carbocycles. The third-order valence-electron chi connectivity index (χ3n) is 2.81. The average Bonchev–Trinajstić information content (AvgIpc) is 2.46. The molecule has 2 rings (SSSR count). The third kappa shape index (κ3) is 3.95. The molecule has 7 heteroatoms. The molecule has 1 saturated heterocycles. The van der Waals surface area contributed by atoms with Gasteiger partial charge in [0, 0.05) is 38.2 Å². The van der Waals surface area contributed by atoms with Gasteiger partial charge in [-0.2, -0.15) is 0 Å². The van der Waals surface area contributed by atoms with Crippen LogP contribution in [0.2, 0.25) is 0 Å². The van der Waals surface area contributed by atoms with E-state index in [1.165, 1.54) is 12.1 Å². The summed E-state index contributed by atoms with van der Waals surface area (Å²) in [7, 11) is 0. The maximum absolute atomic E-state index is 11.8. The Balaban J connectivity index is 0.00000200. The molecular formula is C13H14ClN3O3. The summed E-state index contributed by atoms with van der Waals surface area (Å²) in [6.45, 7) is 2.73. The molecule has 1 aromatic rings. The molecule has 1 amide bonds. The lowest BCUT2D eigenvalue weighted by atomic mass is 10.2. The number of piperazine rings is 1. The Labute approximate surface area is 122 Å². The summed E-state index contributed by atoms with van der Waals surface area (Å²) in [5, 5.41) is 13.9. The highest BCUT2D eigenvalue weighted by Crippen LogP contribution is 2.15. The SMILES string of the molecule is Cl.O=C(C#Cc1ccccc1[N+](=O)[O-])N1CCNCC1. The van der Waals surface area contributed by atoms with Gasteiger partial charge in [-0.1, -0.05) is 12.1 Å². The highest BCUT2D eigenvalue weighted by atomic mass is 35.5. The molecule has 0 aromatic heterocycles. The van der Waals surface area contributed by atoms with Crippen LogP contribution < -0.4 is 5.32 Å². The molecule has 1 aliphatic rings. The van der Waals surface area contributed by atoms with Crippen molar-refractivity contribution in [3.05, 3.63) is 39.9 Å². The number of hydrogen-bond acceptors (Lipinski definition) is 4. The Kier molecular flexibility index (Phi) is 5.97. The number of carbonyl (C=O) groups excluding carboxylic acids is 1. The van der Waals surface area contributed by atoms with Crippen LogP contribution in [0.15, 0.2) is 24.3 Å². The molecule has 106 valence electrons. The number of halogens is 1. The van der Waals surface area contributed by atoms with E-state index in [4.69, 9.17) is 0 Å². The second-order valence-electron chi connectivity index (χ2n) is 4.07. The smallest absolute Gasteiger partial charge is 0.298 e. The second kappa shape index (κ2) is 7.48. The summed E-state index contributed by atoms with van der Waals surface area (Å²) >= 11 is 0. The van der Waals surface area contributed by atoms with E-state index in [9.17, 15) is 14.9 Å². The van der Waals surface area contributed by atoms with Crippen molar-refractivity contribution in [2.45, 2.75) is 0 Å². The fraction of sp³-hybridized carbons (Fsp3) is 0.308. The van der Waals surface area contributed by atoms with Gasteiger partial charge in [0.25, 0.3) is 11.6 Å². The van der Waals surface area contributed by atoms with E-state index in [0.717, 1.165) is 13.1 Å². The lowest BCUT2D eigenvalue weighted by molar-refractivity contribution is -0.385. The number of nitro groups is 1. The van der Waals surface area contributed by atoms with E-state index in [0.29, 0.717) is 13.1 Å². The first-order valence-electron chi connectivity index (χ1n) is 5.93. The van der Waals surface area contributed by atoms with Gasteiger partial charge in [-0.3, -0.25) is 14.9 Å². The first-order valence-corrected chi connectivity index (χ1v) is 5.93. The lowest BCUT2D eigenvalue weighted by Gasteiger charge is -2.25. The van der Waals surface area contributed by atoms with Crippen molar-refractivity contribution in [2.24, 2.45) is 0 Å². The van der Waals surface area contributed by atoms with Gasteiger partial charge in [-0.25, -0.2) is 0 Å². The molecule has 0 unspecified atom stereocenters. The van der Waals surface area contributed by atoms with Gasteiger partial charge in [0.05, 0.1) is 4.92 Å². The Morgan fingerprint density at radius 1 is 1.30 bits per heavy atom. The molecule has 1 N–H and O–H groups in total. The Hall–Kier alpha value is -2.10. The van der Waals surface area contributed by atoms with E-state index in [1.54, 1.807) is 17.0 Å². The number of nitrogens with zero attached hydrogens (tertiary/aromatic N) is 2. The van der Waals surface area contributed by atoms with Gasteiger partial charge in [0.15, 0.2) is 0 Å². The van der Waals surface area contributed by atoms with Gasteiger partial charge < -0.3 is 10.2 Å². The lowest BCUT2D eigenvalue weighted by Crippen LogP contribution is -2.46. The predicted octanol–water partition coefficient (Wildman–Crippen LogP) is 0.800. The number of amides is 1. The van der Waals surface area contributed by atoms with Crippen LogP contribution in [0.1, 0.15) is 5.56 Å². The van der Waals surface area contributed by atoms with Crippen molar-refractivity contribution < 1.29 is 9.72 Å². The molecule has 0 atom stereocenters. The van der Waals surface area contributed by atoms with E-state index < -0.39 is 4.92 Å². The fourth-order valence-electron chi connectivity index (χ4n) is 1.81. The van der Waals surface area contributed by atoms with Gasteiger partial charge in [0.1, 0.15) is 5.56 Å². The minimum Gasteiger partial charge on any atom is -0.329 e. The number of nitrogens with one attached hydrogen (secondary N) is 1. The molecule has 6 nitrogen and oxygen atoms in total. The molecule has 1 fully saturated rings. The summed E-state index contributed by atoms with van der Waals surface area (Å²) in [5.74, 6) is 4.77. The van der Waals surface area contributed by atoms with E-state index in [-0.39, 0.29) is 29.6 Å². The minimum absolute atomic E-state index is 0. The van der Waals surface area contributed by atoms with Gasteiger partial charge in [0.2, 0.25) is 0 Å². The van der Waals surface area contributed by atoms with Crippen molar-refractivity contribution >= 4 is 24.0 Å². The summed E-state index contributed by atoms with van der Waals surface area (Å²) in [4.78, 5) is 23.7. The molecule has 0 bridgehead atoms. The van der Waals surface area contributed by atoms with Crippen LogP contribution >= 0.6 is 12.4 Å². The predicted molar refractivity (Wildman–Crippen MR) is 76.7 cm³/mol. The van der Waals surface area contributed by atoms with E-state index in [1.807, 2.05) is 0 Å². The number of benzene rings is 1. The standard InChI is InChI=1S/C13H13N3O3.ClH/c17-13(15-9-7-14-8-10-15)6-5-11-3-1-2-4-12(11)16(18)19;/h1-4,14H,7-10H2;1H. The monoisotopic (exact) mass is 295 g/mol. The topological polar surface area (TPSA) is 75.5 Å². The zero-order chi connectivity index (χ0) is 13.7. The number of hydrogen-bond donors (Lipinski definition) is 1. The van der Waals surface area contributed by atoms with Crippen LogP contribution in [-0.2, 0) is 4.79 Å². The zero-order valence-electron chi connectivity index (χ0n) is 10.7. The van der Waals surface area contributed by atoms with Crippen LogP contribution in [0.25, 0.3) is 0 Å². The van der Waals surface area contributed by atoms with Crippen LogP contribution in [0.5, 0.6) is 0 Å². The maximum Gasteiger partial charge on any atom is 0.298 e. The van der Waals surface area contributed by atoms with Crippen molar-refractivity contribution in [1.29, 1.82) is 0 Å². The zero-order valence-corrected chi connectivity index (χ0v) is 11.5. The van der Waals surface area contributed by atoms with Crippen molar-refractivity contribution in [1.82, 2.24) is 10.2 Å². The molecule has 0 spiro atoms. The molecule has 1 aromatic carbocycles. The van der Waals surface area contributed by atoms with Crippen molar-refractivity contribution in [2.75, 3.05) is 26.2 Å². The largest absolute Gasteiger partial charge is 0.329 e. The molecular weight excluding hydrogens is 282 g/mol. The molecule has 0 aliphatic carbocycles. The van der Waals surface area contributed by atoms with E-state index in [2.05, 4.69) is 17.2 Å². The van der Waals surface area contributed by atoms with Crippen molar-refractivity contribution in [3.63, 3.8) is 0 Å². The van der Waals surface area contributed by atoms with E-state index >= 15 is 0 Å². The Morgan fingerprint density at radius 2 is 1.95 bits per heavy atom. The first-order chi connectivity index (χ1) is 9.18. The Morgan fingerprint density at radius 3 is 2.60 bits per heavy atom. The van der Waals surface area contributed by atoms with Crippen LogP contribution in [-0.4, -0.2) is 41.9 Å². The third-order valence-corrected chi connectivity index (χ3v) is 2.81. The maximum atomic E-state index is 11.8. The van der Waals surface area contributed by atoms with Gasteiger partial charge in [-0.15, -0.1) is 12.4 Å². The van der Waals surface area contributed by atoms with Crippen molar-refractivity contribution in [3.8, 4) is 11.8 Å². The fourth-order valence-corrected chi connectivity index (χ4v) is 1.81. The number of para-hydroxylation sites is 1. The number of nitro benzene ring substituents is 1. The highest BCUT2D eigenvalue weighted by molar-refractivity contribution is 5.94. The quantitative estimate of drug-likeness (QED) is 0.472. The van der Waals surface area contributed by atoms with Crippen LogP contribution in [0.4, 0.5) is 5.69 Å². The molecule has 20 heavy (non-hydrogen) atoms. The summed E-state index contributed by atoms with van der Waals surface area (Å²) in [6, 6.07) is 6.14. The summed E-state index contributed by atoms with van der Waals surface area (Å²) in [6.07, 6.45) is 0. The normalized spacial score (nSPS) is 13.7. The first kappa shape index (κ1) is 16.0. The average molecular weight is 296 g/mol. The number of carbonyl (C=O) groups is 1.